The predicted octanol–water partition coefficient (Wildman–Crippen LogP) is 0.602. The number of amides is 1. The van der Waals surface area contributed by atoms with Crippen molar-refractivity contribution < 1.29 is 9.00 Å². The molecule has 5 heteroatoms. The highest BCUT2D eigenvalue weighted by molar-refractivity contribution is 7.84. The second-order valence-electron chi connectivity index (χ2n) is 3.91. The Labute approximate surface area is 101 Å². The lowest BCUT2D eigenvalue weighted by Gasteiger charge is -2.20. The zero-order valence-electron chi connectivity index (χ0n) is 10.8. The molecule has 0 bridgehead atoms. The Hall–Kier alpha value is -0.420. The molecule has 0 aliphatic rings. The van der Waals surface area contributed by atoms with Crippen molar-refractivity contribution in [3.8, 4) is 0 Å². The Morgan fingerprint density at radius 2 is 1.94 bits per heavy atom. The van der Waals surface area contributed by atoms with Crippen LogP contribution < -0.4 is 5.32 Å². The molecule has 0 heterocycles. The Kier molecular flexibility index (Phi) is 8.47. The van der Waals surface area contributed by atoms with Crippen LogP contribution in [0.3, 0.4) is 0 Å². The average Bonchev–Trinajstić information content (AvgIpc) is 2.25. The molecule has 0 saturated carbocycles. The second-order valence-corrected chi connectivity index (χ2v) is 5.47. The van der Waals surface area contributed by atoms with E-state index in [9.17, 15) is 9.00 Å². The molecule has 96 valence electrons. The molecule has 0 aromatic heterocycles. The monoisotopic (exact) mass is 248 g/mol. The van der Waals surface area contributed by atoms with Gasteiger partial charge in [-0.3, -0.25) is 9.00 Å². The third-order valence-electron chi connectivity index (χ3n) is 2.56. The maximum absolute atomic E-state index is 11.7. The van der Waals surface area contributed by atoms with Crippen molar-refractivity contribution in [3.05, 3.63) is 0 Å². The number of carbonyl (C=O) groups is 1. The molecular weight excluding hydrogens is 224 g/mol. The molecule has 1 amide bonds. The fourth-order valence-corrected chi connectivity index (χ4v) is 2.08. The van der Waals surface area contributed by atoms with E-state index < -0.39 is 10.8 Å². The molecule has 0 radical (unpaired) electrons. The van der Waals surface area contributed by atoms with Crippen molar-refractivity contribution in [3.63, 3.8) is 0 Å². The first-order valence-corrected chi connectivity index (χ1v) is 7.55. The molecule has 2 unspecified atom stereocenters. The number of nitrogens with zero attached hydrogens (tertiary/aromatic N) is 1. The van der Waals surface area contributed by atoms with E-state index in [0.29, 0.717) is 12.3 Å². The summed E-state index contributed by atoms with van der Waals surface area (Å²) >= 11 is 0. The van der Waals surface area contributed by atoms with Crippen molar-refractivity contribution in [1.82, 2.24) is 10.2 Å². The van der Waals surface area contributed by atoms with Crippen molar-refractivity contribution in [2.75, 3.05) is 31.6 Å². The van der Waals surface area contributed by atoms with Gasteiger partial charge in [-0.15, -0.1) is 0 Å². The fourth-order valence-electron chi connectivity index (χ4n) is 1.39. The number of rotatable bonds is 8. The molecule has 2 atom stereocenters. The van der Waals surface area contributed by atoms with E-state index in [4.69, 9.17) is 0 Å². The van der Waals surface area contributed by atoms with E-state index in [1.54, 1.807) is 11.2 Å². The van der Waals surface area contributed by atoms with Crippen molar-refractivity contribution >= 4 is 16.7 Å². The van der Waals surface area contributed by atoms with Gasteiger partial charge < -0.3 is 10.2 Å². The SMILES string of the molecule is CCN(CC)C(=O)CNC(C)CCS(C)=O. The maximum atomic E-state index is 11.7. The van der Waals surface area contributed by atoms with Crippen LogP contribution in [0.1, 0.15) is 27.2 Å². The largest absolute Gasteiger partial charge is 0.342 e. The molecule has 4 nitrogen and oxygen atoms in total. The van der Waals surface area contributed by atoms with Gasteiger partial charge in [0.25, 0.3) is 0 Å². The van der Waals surface area contributed by atoms with E-state index in [0.717, 1.165) is 19.5 Å². The molecule has 0 saturated heterocycles. The molecule has 0 aliphatic heterocycles. The summed E-state index contributed by atoms with van der Waals surface area (Å²) in [5, 5.41) is 3.16. The molecule has 0 spiro atoms. The van der Waals surface area contributed by atoms with Crippen LogP contribution in [-0.4, -0.2) is 52.7 Å². The highest BCUT2D eigenvalue weighted by Gasteiger charge is 2.10. The summed E-state index contributed by atoms with van der Waals surface area (Å²) in [4.78, 5) is 13.5. The van der Waals surface area contributed by atoms with Gasteiger partial charge in [-0.1, -0.05) is 0 Å². The van der Waals surface area contributed by atoms with Crippen LogP contribution in [0.25, 0.3) is 0 Å². The van der Waals surface area contributed by atoms with E-state index in [2.05, 4.69) is 5.32 Å². The molecular formula is C11H24N2O2S. The quantitative estimate of drug-likeness (QED) is 0.684. The highest BCUT2D eigenvalue weighted by atomic mass is 32.2. The average molecular weight is 248 g/mol. The van der Waals surface area contributed by atoms with Gasteiger partial charge in [-0.2, -0.15) is 0 Å². The maximum Gasteiger partial charge on any atom is 0.236 e. The van der Waals surface area contributed by atoms with Gasteiger partial charge in [0.05, 0.1) is 6.54 Å². The standard InChI is InChI=1S/C11H24N2O2S/c1-5-13(6-2)11(14)9-12-10(3)7-8-16(4)15/h10,12H,5-9H2,1-4H3. The summed E-state index contributed by atoms with van der Waals surface area (Å²) in [5.74, 6) is 0.822. The summed E-state index contributed by atoms with van der Waals surface area (Å²) in [6.07, 6.45) is 2.54. The summed E-state index contributed by atoms with van der Waals surface area (Å²) in [7, 11) is -0.748. The molecule has 0 aromatic rings. The first-order valence-electron chi connectivity index (χ1n) is 5.82. The van der Waals surface area contributed by atoms with Gasteiger partial charge in [0.1, 0.15) is 0 Å². The summed E-state index contributed by atoms with van der Waals surface area (Å²) in [6, 6.07) is 0.239. The van der Waals surface area contributed by atoms with Gasteiger partial charge in [-0.05, 0) is 27.2 Å². The molecule has 0 aromatic carbocycles. The Balaban J connectivity index is 3.77. The van der Waals surface area contributed by atoms with Gasteiger partial charge in [0.2, 0.25) is 5.91 Å². The normalized spacial score (nSPS) is 14.5. The minimum atomic E-state index is -0.748. The molecule has 0 fully saturated rings. The lowest BCUT2D eigenvalue weighted by atomic mass is 10.2. The Morgan fingerprint density at radius 3 is 2.38 bits per heavy atom. The fraction of sp³-hybridized carbons (Fsp3) is 0.909. The molecule has 16 heavy (non-hydrogen) atoms. The second kappa shape index (κ2) is 8.70. The zero-order chi connectivity index (χ0) is 12.6. The van der Waals surface area contributed by atoms with E-state index >= 15 is 0 Å². The van der Waals surface area contributed by atoms with Crippen LogP contribution in [-0.2, 0) is 15.6 Å². The van der Waals surface area contributed by atoms with Crippen LogP contribution in [0.5, 0.6) is 0 Å². The third-order valence-corrected chi connectivity index (χ3v) is 3.37. The molecule has 0 aliphatic carbocycles. The highest BCUT2D eigenvalue weighted by Crippen LogP contribution is 1.94. The predicted molar refractivity (Wildman–Crippen MR) is 68.9 cm³/mol. The third kappa shape index (κ3) is 6.95. The van der Waals surface area contributed by atoms with Crippen LogP contribution in [0.15, 0.2) is 0 Å². The zero-order valence-corrected chi connectivity index (χ0v) is 11.6. The number of hydrogen-bond acceptors (Lipinski definition) is 3. The number of nitrogens with one attached hydrogen (secondary N) is 1. The first-order chi connectivity index (χ1) is 7.51. The van der Waals surface area contributed by atoms with Crippen molar-refractivity contribution in [1.29, 1.82) is 0 Å². The van der Waals surface area contributed by atoms with Crippen LogP contribution in [0, 0.1) is 0 Å². The minimum Gasteiger partial charge on any atom is -0.342 e. The number of hydrogen-bond donors (Lipinski definition) is 1. The summed E-state index contributed by atoms with van der Waals surface area (Å²) in [5.41, 5.74) is 0. The minimum absolute atomic E-state index is 0.134. The summed E-state index contributed by atoms with van der Waals surface area (Å²) in [6.45, 7) is 7.85. The van der Waals surface area contributed by atoms with E-state index in [1.165, 1.54) is 0 Å². The van der Waals surface area contributed by atoms with Crippen LogP contribution in [0.2, 0.25) is 0 Å². The van der Waals surface area contributed by atoms with Gasteiger partial charge in [0.15, 0.2) is 0 Å². The first kappa shape index (κ1) is 15.6. The Bertz CT molecular complexity index is 230. The van der Waals surface area contributed by atoms with Gasteiger partial charge in [0, 0.05) is 41.9 Å². The lowest BCUT2D eigenvalue weighted by Crippen LogP contribution is -2.41. The van der Waals surface area contributed by atoms with Crippen LogP contribution >= 0.6 is 0 Å². The van der Waals surface area contributed by atoms with Gasteiger partial charge >= 0.3 is 0 Å². The molecule has 0 rings (SSSR count). The number of likely N-dealkylation sites (N-methyl/N-ethyl adjacent to an activating group) is 1. The molecule has 1 N–H and O–H groups in total. The van der Waals surface area contributed by atoms with E-state index in [1.807, 2.05) is 20.8 Å². The smallest absolute Gasteiger partial charge is 0.236 e. The summed E-state index contributed by atoms with van der Waals surface area (Å²) < 4.78 is 10.9. The van der Waals surface area contributed by atoms with E-state index in [-0.39, 0.29) is 11.9 Å². The number of carbonyl (C=O) groups excluding carboxylic acids is 1. The topological polar surface area (TPSA) is 49.4 Å². The Morgan fingerprint density at radius 1 is 1.38 bits per heavy atom. The van der Waals surface area contributed by atoms with Crippen LogP contribution in [0.4, 0.5) is 0 Å². The van der Waals surface area contributed by atoms with Gasteiger partial charge in [-0.25, -0.2) is 0 Å². The van der Waals surface area contributed by atoms with Crippen molar-refractivity contribution in [2.24, 2.45) is 0 Å². The van der Waals surface area contributed by atoms with Crippen molar-refractivity contribution in [2.45, 2.75) is 33.2 Å². The lowest BCUT2D eigenvalue weighted by molar-refractivity contribution is -0.129.